The number of ether oxygens (including phenoxy) is 1. The van der Waals surface area contributed by atoms with Gasteiger partial charge >= 0.3 is 5.97 Å². The fraction of sp³-hybridized carbons (Fsp3) is 0.533. The Morgan fingerprint density at radius 2 is 2.23 bits per heavy atom. The number of guanidine groups is 1. The van der Waals surface area contributed by atoms with Crippen molar-refractivity contribution in [3.63, 3.8) is 0 Å². The van der Waals surface area contributed by atoms with Crippen molar-refractivity contribution in [2.45, 2.75) is 33.4 Å². The van der Waals surface area contributed by atoms with Gasteiger partial charge in [0.25, 0.3) is 0 Å². The Hall–Kier alpha value is -1.76. The number of esters is 1. The van der Waals surface area contributed by atoms with Crippen LogP contribution in [-0.4, -0.2) is 45.3 Å². The van der Waals surface area contributed by atoms with Gasteiger partial charge in [-0.15, -0.1) is 35.3 Å². The lowest BCUT2D eigenvalue weighted by Gasteiger charge is -2.15. The third-order valence-corrected chi connectivity index (χ3v) is 4.76. The van der Waals surface area contributed by atoms with Crippen molar-refractivity contribution >= 4 is 47.2 Å². The molecule has 0 spiro atoms. The van der Waals surface area contributed by atoms with Crippen LogP contribution in [0.1, 0.15) is 46.1 Å². The molecule has 0 radical (unpaired) electrons. The molecule has 1 unspecified atom stereocenters. The van der Waals surface area contributed by atoms with Gasteiger partial charge in [-0.1, -0.05) is 0 Å². The number of carbonyl (C=O) groups excluding carboxylic acids is 1. The van der Waals surface area contributed by atoms with E-state index in [0.717, 1.165) is 10.8 Å². The highest BCUT2D eigenvalue weighted by molar-refractivity contribution is 14.0. The van der Waals surface area contributed by atoms with E-state index in [0.29, 0.717) is 29.7 Å². The number of nitrogens with zero attached hydrogens (tertiary/aromatic N) is 5. The molecule has 144 valence electrons. The maximum Gasteiger partial charge on any atom is 0.350 e. The molecule has 0 saturated carbocycles. The predicted octanol–water partition coefficient (Wildman–Crippen LogP) is 1.80. The van der Waals surface area contributed by atoms with E-state index in [9.17, 15) is 4.79 Å². The average Bonchev–Trinajstić information content (AvgIpc) is 3.17. The molecule has 2 aromatic heterocycles. The fourth-order valence-electron chi connectivity index (χ4n) is 2.09. The maximum atomic E-state index is 11.9. The molecule has 1 atom stereocenters. The highest BCUT2D eigenvalue weighted by atomic mass is 127. The number of hydrogen-bond donors (Lipinski definition) is 2. The Morgan fingerprint density at radius 1 is 1.50 bits per heavy atom. The maximum absolute atomic E-state index is 11.9. The van der Waals surface area contributed by atoms with E-state index < -0.39 is 0 Å². The summed E-state index contributed by atoms with van der Waals surface area (Å²) in [6.45, 7) is 6.39. The van der Waals surface area contributed by atoms with Crippen LogP contribution in [0.25, 0.3) is 0 Å². The Kier molecular flexibility index (Phi) is 8.92. The minimum absolute atomic E-state index is 0. The number of carbonyl (C=O) groups is 1. The zero-order chi connectivity index (χ0) is 18.4. The first-order chi connectivity index (χ1) is 12.0. The molecule has 0 aliphatic carbocycles. The molecule has 2 rings (SSSR count). The Balaban J connectivity index is 0.00000338. The van der Waals surface area contributed by atoms with Crippen molar-refractivity contribution in [1.82, 2.24) is 30.4 Å². The van der Waals surface area contributed by atoms with E-state index in [1.807, 2.05) is 14.0 Å². The monoisotopic (exact) mass is 493 g/mol. The number of aryl methyl sites for hydroxylation is 2. The van der Waals surface area contributed by atoms with E-state index in [-0.39, 0.29) is 36.0 Å². The Bertz CT molecular complexity index is 759. The van der Waals surface area contributed by atoms with E-state index in [2.05, 4.69) is 30.7 Å². The van der Waals surface area contributed by atoms with Crippen LogP contribution in [-0.2, 0) is 18.3 Å². The van der Waals surface area contributed by atoms with Crippen molar-refractivity contribution in [3.8, 4) is 0 Å². The lowest BCUT2D eigenvalue weighted by atomic mass is 10.3. The van der Waals surface area contributed by atoms with Crippen LogP contribution in [0.2, 0.25) is 0 Å². The van der Waals surface area contributed by atoms with Crippen molar-refractivity contribution in [2.24, 2.45) is 12.0 Å². The van der Waals surface area contributed by atoms with Crippen LogP contribution in [0.5, 0.6) is 0 Å². The molecule has 2 heterocycles. The Labute approximate surface area is 173 Å². The van der Waals surface area contributed by atoms with Crippen LogP contribution >= 0.6 is 35.3 Å². The molecule has 0 aliphatic heterocycles. The molecule has 0 fully saturated rings. The molecule has 2 N–H and O–H groups in total. The number of thiazole rings is 1. The highest BCUT2D eigenvalue weighted by Gasteiger charge is 2.20. The molecule has 0 saturated heterocycles. The smallest absolute Gasteiger partial charge is 0.350 e. The quantitative estimate of drug-likeness (QED) is 0.274. The molecule has 26 heavy (non-hydrogen) atoms. The summed E-state index contributed by atoms with van der Waals surface area (Å²) >= 11 is 1.33. The van der Waals surface area contributed by atoms with Gasteiger partial charge in [0, 0.05) is 14.1 Å². The van der Waals surface area contributed by atoms with Gasteiger partial charge in [0.15, 0.2) is 5.96 Å². The molecule has 0 aliphatic rings. The van der Waals surface area contributed by atoms with E-state index >= 15 is 0 Å². The van der Waals surface area contributed by atoms with Gasteiger partial charge in [0.05, 0.1) is 24.9 Å². The van der Waals surface area contributed by atoms with E-state index in [1.54, 1.807) is 25.6 Å². The normalized spacial score (nSPS) is 12.3. The lowest BCUT2D eigenvalue weighted by Crippen LogP contribution is -2.38. The van der Waals surface area contributed by atoms with Crippen LogP contribution in [0, 0.1) is 6.92 Å². The Morgan fingerprint density at radius 3 is 2.81 bits per heavy atom. The fourth-order valence-corrected chi connectivity index (χ4v) is 3.06. The summed E-state index contributed by atoms with van der Waals surface area (Å²) in [6, 6.07) is -0.113. The molecular formula is C15H24IN7O2S. The predicted molar refractivity (Wildman–Crippen MR) is 111 cm³/mol. The second kappa shape index (κ2) is 10.4. The average molecular weight is 493 g/mol. The van der Waals surface area contributed by atoms with Gasteiger partial charge in [0.2, 0.25) is 0 Å². The third-order valence-electron chi connectivity index (χ3n) is 3.44. The summed E-state index contributed by atoms with van der Waals surface area (Å²) in [4.78, 5) is 25.3. The van der Waals surface area contributed by atoms with Crippen LogP contribution in [0.4, 0.5) is 0 Å². The third kappa shape index (κ3) is 5.62. The van der Waals surface area contributed by atoms with Gasteiger partial charge in [-0.3, -0.25) is 9.67 Å². The summed E-state index contributed by atoms with van der Waals surface area (Å²) < 4.78 is 6.75. The summed E-state index contributed by atoms with van der Waals surface area (Å²) in [5.74, 6) is 1.08. The van der Waals surface area contributed by atoms with Crippen molar-refractivity contribution in [3.05, 3.63) is 27.7 Å². The van der Waals surface area contributed by atoms with Gasteiger partial charge in [0.1, 0.15) is 22.0 Å². The molecule has 0 aromatic carbocycles. The first kappa shape index (κ1) is 22.3. The summed E-state index contributed by atoms with van der Waals surface area (Å²) in [5, 5.41) is 11.3. The zero-order valence-electron chi connectivity index (χ0n) is 15.4. The first-order valence-corrected chi connectivity index (χ1v) is 8.72. The molecule has 2 aromatic rings. The molecule has 9 nitrogen and oxygen atoms in total. The second-order valence-electron chi connectivity index (χ2n) is 5.28. The number of hydrogen-bond acceptors (Lipinski definition) is 7. The zero-order valence-corrected chi connectivity index (χ0v) is 18.6. The van der Waals surface area contributed by atoms with Crippen molar-refractivity contribution in [2.75, 3.05) is 13.7 Å². The second-order valence-corrected chi connectivity index (χ2v) is 6.31. The first-order valence-electron chi connectivity index (χ1n) is 7.90. The number of rotatable bonds is 6. The van der Waals surface area contributed by atoms with E-state index in [4.69, 9.17) is 4.74 Å². The van der Waals surface area contributed by atoms with Gasteiger partial charge in [-0.05, 0) is 20.8 Å². The largest absolute Gasteiger partial charge is 0.462 e. The number of aromatic nitrogens is 4. The standard InChI is InChI=1S/C15H23N7O2S.HI/c1-6-24-14(23)12-9(2)20-13(25-12)10(3)21-15(16-4)17-7-11-18-8-19-22(11)5;/h8,10H,6-7H2,1-5H3,(H2,16,17,21);1H. The molecule has 0 amide bonds. The summed E-state index contributed by atoms with van der Waals surface area (Å²) in [7, 11) is 3.52. The minimum Gasteiger partial charge on any atom is -0.462 e. The topological polar surface area (TPSA) is 106 Å². The van der Waals surface area contributed by atoms with Gasteiger partial charge in [-0.2, -0.15) is 5.10 Å². The van der Waals surface area contributed by atoms with Crippen molar-refractivity contribution < 1.29 is 9.53 Å². The number of nitrogens with one attached hydrogen (secondary N) is 2. The van der Waals surface area contributed by atoms with Crippen LogP contribution in [0.15, 0.2) is 11.3 Å². The lowest BCUT2D eigenvalue weighted by molar-refractivity contribution is 0.0531. The highest BCUT2D eigenvalue weighted by Crippen LogP contribution is 2.24. The SMILES string of the molecule is CCOC(=O)c1sc(C(C)NC(=NC)NCc2ncnn2C)nc1C.I. The molecule has 11 heteroatoms. The van der Waals surface area contributed by atoms with Gasteiger partial charge < -0.3 is 15.4 Å². The summed E-state index contributed by atoms with van der Waals surface area (Å²) in [5.41, 5.74) is 0.675. The van der Waals surface area contributed by atoms with Crippen molar-refractivity contribution in [1.29, 1.82) is 0 Å². The van der Waals surface area contributed by atoms with Gasteiger partial charge in [-0.25, -0.2) is 14.8 Å². The van der Waals surface area contributed by atoms with Crippen LogP contribution in [0.3, 0.4) is 0 Å². The summed E-state index contributed by atoms with van der Waals surface area (Å²) in [6.07, 6.45) is 1.51. The number of halogens is 1. The number of aliphatic imine (C=N–C) groups is 1. The molecule has 0 bridgehead atoms. The minimum atomic E-state index is -0.333. The van der Waals surface area contributed by atoms with Crippen LogP contribution < -0.4 is 10.6 Å². The van der Waals surface area contributed by atoms with E-state index in [1.165, 1.54) is 17.7 Å². The molecular weight excluding hydrogens is 469 g/mol.